The number of halogens is 1. The highest BCUT2D eigenvalue weighted by Crippen LogP contribution is 2.21. The molecule has 0 aliphatic carbocycles. The Morgan fingerprint density at radius 1 is 1.25 bits per heavy atom. The number of nitriles is 1. The minimum atomic E-state index is -0.717. The Bertz CT molecular complexity index is 665. The summed E-state index contributed by atoms with van der Waals surface area (Å²) in [5.41, 5.74) is 1.04. The van der Waals surface area contributed by atoms with Crippen molar-refractivity contribution in [3.8, 4) is 11.8 Å². The van der Waals surface area contributed by atoms with Crippen molar-refractivity contribution in [3.05, 3.63) is 63.2 Å². The molecule has 2 aromatic carbocycles. The summed E-state index contributed by atoms with van der Waals surface area (Å²) in [5.74, 6) is -0.349. The Kier molecular flexibility index (Phi) is 4.58. The second-order valence-corrected chi connectivity index (χ2v) is 5.27. The van der Waals surface area contributed by atoms with Gasteiger partial charge in [-0.3, -0.25) is 4.79 Å². The molecule has 4 nitrogen and oxygen atoms in total. The van der Waals surface area contributed by atoms with Crippen LogP contribution in [0.3, 0.4) is 0 Å². The zero-order valence-corrected chi connectivity index (χ0v) is 12.5. The number of nitrogens with zero attached hydrogens (tertiary/aromatic N) is 1. The van der Waals surface area contributed by atoms with E-state index < -0.39 is 11.9 Å². The Morgan fingerprint density at radius 2 is 1.95 bits per heavy atom. The lowest BCUT2D eigenvalue weighted by Gasteiger charge is -2.12. The second-order valence-electron chi connectivity index (χ2n) is 4.11. The molecule has 0 aromatic heterocycles. The zero-order valence-electron chi connectivity index (χ0n) is 10.4. The first kappa shape index (κ1) is 14.3. The van der Waals surface area contributed by atoms with Crippen LogP contribution in [0.15, 0.2) is 48.5 Å². The first-order valence-corrected chi connectivity index (χ1v) is 6.93. The molecule has 0 aliphatic rings. The summed E-state index contributed by atoms with van der Waals surface area (Å²) in [6, 6.07) is 15.0. The van der Waals surface area contributed by atoms with Crippen molar-refractivity contribution in [1.82, 2.24) is 5.32 Å². The van der Waals surface area contributed by atoms with Crippen molar-refractivity contribution in [2.45, 2.75) is 6.04 Å². The molecule has 1 atom stereocenters. The quantitative estimate of drug-likeness (QED) is 0.807. The van der Waals surface area contributed by atoms with Crippen molar-refractivity contribution in [3.63, 3.8) is 0 Å². The van der Waals surface area contributed by atoms with Gasteiger partial charge in [0.15, 0.2) is 0 Å². The molecule has 20 heavy (non-hydrogen) atoms. The van der Waals surface area contributed by atoms with E-state index in [0.29, 0.717) is 9.13 Å². The van der Waals surface area contributed by atoms with Crippen molar-refractivity contribution in [2.75, 3.05) is 0 Å². The lowest BCUT2D eigenvalue weighted by atomic mass is 10.1. The third-order valence-corrected chi connectivity index (χ3v) is 3.66. The lowest BCUT2D eigenvalue weighted by Crippen LogP contribution is -2.27. The molecular weight excluding hydrogens is 367 g/mol. The largest absolute Gasteiger partial charge is 0.507 e. The summed E-state index contributed by atoms with van der Waals surface area (Å²) in [5, 5.41) is 21.4. The van der Waals surface area contributed by atoms with E-state index in [1.54, 1.807) is 24.3 Å². The summed E-state index contributed by atoms with van der Waals surface area (Å²) >= 11 is 1.97. The van der Waals surface area contributed by atoms with Crippen LogP contribution in [-0.4, -0.2) is 11.0 Å². The Morgan fingerprint density at radius 3 is 2.55 bits per heavy atom. The fourth-order valence-electron chi connectivity index (χ4n) is 1.70. The first-order valence-electron chi connectivity index (χ1n) is 5.86. The topological polar surface area (TPSA) is 73.1 Å². The Balaban J connectivity index is 2.18. The van der Waals surface area contributed by atoms with E-state index in [0.717, 1.165) is 5.56 Å². The van der Waals surface area contributed by atoms with Crippen molar-refractivity contribution in [1.29, 1.82) is 5.26 Å². The molecule has 2 aromatic rings. The van der Waals surface area contributed by atoms with Crippen LogP contribution in [0, 0.1) is 14.9 Å². The molecule has 1 amide bonds. The number of carbonyl (C=O) groups excluding carboxylic acids is 1. The average molecular weight is 378 g/mol. The summed E-state index contributed by atoms with van der Waals surface area (Å²) in [6.07, 6.45) is 0. The van der Waals surface area contributed by atoms with E-state index in [-0.39, 0.29) is 5.75 Å². The van der Waals surface area contributed by atoms with Gasteiger partial charge in [0.05, 0.1) is 9.64 Å². The first-order chi connectivity index (χ1) is 9.61. The number of phenolic OH excluding ortho intramolecular Hbond substituents is 1. The maximum absolute atomic E-state index is 12.1. The maximum atomic E-state index is 12.1. The van der Waals surface area contributed by atoms with E-state index >= 15 is 0 Å². The molecule has 0 fully saturated rings. The molecule has 0 saturated carbocycles. The van der Waals surface area contributed by atoms with E-state index in [4.69, 9.17) is 5.26 Å². The van der Waals surface area contributed by atoms with Crippen LogP contribution in [0.1, 0.15) is 22.0 Å². The van der Waals surface area contributed by atoms with Crippen molar-refractivity contribution in [2.24, 2.45) is 0 Å². The average Bonchev–Trinajstić information content (AvgIpc) is 2.48. The lowest BCUT2D eigenvalue weighted by molar-refractivity contribution is 0.0944. The van der Waals surface area contributed by atoms with Crippen molar-refractivity contribution >= 4 is 28.5 Å². The van der Waals surface area contributed by atoms with Crippen LogP contribution in [0.5, 0.6) is 5.75 Å². The SMILES string of the molecule is N#CC(NC(=O)c1ccc(I)c(O)c1)c1ccccc1. The highest BCUT2D eigenvalue weighted by molar-refractivity contribution is 14.1. The number of benzene rings is 2. The van der Waals surface area contributed by atoms with Crippen LogP contribution in [0.2, 0.25) is 0 Å². The number of rotatable bonds is 3. The molecule has 0 aliphatic heterocycles. The number of phenols is 1. The predicted octanol–water partition coefficient (Wildman–Crippen LogP) is 2.99. The van der Waals surface area contributed by atoms with E-state index in [1.165, 1.54) is 6.07 Å². The molecule has 2 rings (SSSR count). The van der Waals surface area contributed by atoms with Crippen LogP contribution in [0.4, 0.5) is 0 Å². The van der Waals surface area contributed by atoms with E-state index in [1.807, 2.05) is 46.9 Å². The number of hydrogen-bond donors (Lipinski definition) is 2. The Hall–Kier alpha value is -2.07. The van der Waals surface area contributed by atoms with Crippen LogP contribution >= 0.6 is 22.6 Å². The molecule has 0 bridgehead atoms. The van der Waals surface area contributed by atoms with Crippen LogP contribution < -0.4 is 5.32 Å². The number of aromatic hydroxyl groups is 1. The van der Waals surface area contributed by atoms with Crippen LogP contribution in [-0.2, 0) is 0 Å². The molecule has 5 heteroatoms. The van der Waals surface area contributed by atoms with Gasteiger partial charge >= 0.3 is 0 Å². The van der Waals surface area contributed by atoms with Gasteiger partial charge in [0, 0.05) is 5.56 Å². The van der Waals surface area contributed by atoms with Gasteiger partial charge in [-0.1, -0.05) is 30.3 Å². The van der Waals surface area contributed by atoms with Crippen LogP contribution in [0.25, 0.3) is 0 Å². The minimum absolute atomic E-state index is 0.0477. The van der Waals surface area contributed by atoms with Gasteiger partial charge in [-0.2, -0.15) is 5.26 Å². The second kappa shape index (κ2) is 6.39. The fraction of sp³-hybridized carbons (Fsp3) is 0.0667. The molecule has 100 valence electrons. The van der Waals surface area contributed by atoms with E-state index in [2.05, 4.69) is 5.32 Å². The summed E-state index contributed by atoms with van der Waals surface area (Å²) in [6.45, 7) is 0. The van der Waals surface area contributed by atoms with Gasteiger partial charge < -0.3 is 10.4 Å². The molecule has 1 unspecified atom stereocenters. The van der Waals surface area contributed by atoms with E-state index in [9.17, 15) is 9.90 Å². The number of amides is 1. The highest BCUT2D eigenvalue weighted by Gasteiger charge is 2.15. The number of hydrogen-bond acceptors (Lipinski definition) is 3. The predicted molar refractivity (Wildman–Crippen MR) is 83.1 cm³/mol. The monoisotopic (exact) mass is 378 g/mol. The fourth-order valence-corrected chi connectivity index (χ4v) is 2.04. The normalized spacial score (nSPS) is 11.4. The molecule has 0 spiro atoms. The van der Waals surface area contributed by atoms with Gasteiger partial charge in [0.25, 0.3) is 5.91 Å². The van der Waals surface area contributed by atoms with Gasteiger partial charge in [0.2, 0.25) is 0 Å². The van der Waals surface area contributed by atoms with Gasteiger partial charge in [-0.25, -0.2) is 0 Å². The third kappa shape index (κ3) is 3.27. The summed E-state index contributed by atoms with van der Waals surface area (Å²) < 4.78 is 0.666. The third-order valence-electron chi connectivity index (χ3n) is 2.75. The molecule has 0 heterocycles. The van der Waals surface area contributed by atoms with Crippen molar-refractivity contribution < 1.29 is 9.90 Å². The van der Waals surface area contributed by atoms with Gasteiger partial charge in [-0.05, 0) is 46.4 Å². The standard InChI is InChI=1S/C15H11IN2O2/c16-12-7-6-11(8-14(12)19)15(20)18-13(9-17)10-4-2-1-3-5-10/h1-8,13,19H,(H,18,20). The maximum Gasteiger partial charge on any atom is 0.252 e. The van der Waals surface area contributed by atoms with Gasteiger partial charge in [-0.15, -0.1) is 0 Å². The minimum Gasteiger partial charge on any atom is -0.507 e. The summed E-state index contributed by atoms with van der Waals surface area (Å²) in [4.78, 5) is 12.1. The molecule has 0 radical (unpaired) electrons. The number of carbonyl (C=O) groups is 1. The smallest absolute Gasteiger partial charge is 0.252 e. The Labute approximate surface area is 130 Å². The molecular formula is C15H11IN2O2. The highest BCUT2D eigenvalue weighted by atomic mass is 127. The van der Waals surface area contributed by atoms with Gasteiger partial charge in [0.1, 0.15) is 11.8 Å². The zero-order chi connectivity index (χ0) is 14.5. The molecule has 0 saturated heterocycles. The molecule has 2 N–H and O–H groups in total. The number of nitrogens with one attached hydrogen (secondary N) is 1. The summed E-state index contributed by atoms with van der Waals surface area (Å²) in [7, 11) is 0.